The molecule has 5 rings (SSSR count). The highest BCUT2D eigenvalue weighted by Gasteiger charge is 2.29. The van der Waals surface area contributed by atoms with Crippen LogP contribution < -0.4 is 10.6 Å². The number of halogens is 1. The number of aryl methyl sites for hydroxylation is 1. The summed E-state index contributed by atoms with van der Waals surface area (Å²) in [6.07, 6.45) is 7.38. The second-order valence-electron chi connectivity index (χ2n) is 7.73. The maximum absolute atomic E-state index is 13.7. The molecule has 1 amide bonds. The second-order valence-corrected chi connectivity index (χ2v) is 8.83. The molecule has 0 radical (unpaired) electrons. The van der Waals surface area contributed by atoms with Crippen molar-refractivity contribution in [3.05, 3.63) is 100 Å². The molecule has 3 aromatic heterocycles. The third-order valence-corrected chi connectivity index (χ3v) is 6.86. The van der Waals surface area contributed by atoms with Gasteiger partial charge in [-0.15, -0.1) is 11.3 Å². The number of furan rings is 1. The van der Waals surface area contributed by atoms with Crippen molar-refractivity contribution >= 4 is 28.1 Å². The number of hydrogen-bond acceptors (Lipinski definition) is 5. The van der Waals surface area contributed by atoms with Crippen LogP contribution in [-0.2, 0) is 12.8 Å². The fourth-order valence-corrected chi connectivity index (χ4v) is 5.46. The Balaban J connectivity index is 1.61. The fourth-order valence-electron chi connectivity index (χ4n) is 4.13. The number of hydrogen-bond donors (Lipinski definition) is 2. The maximum atomic E-state index is 13.7. The minimum Gasteiger partial charge on any atom is -0.459 e. The van der Waals surface area contributed by atoms with Crippen LogP contribution in [0, 0.1) is 5.82 Å². The number of amides is 1. The van der Waals surface area contributed by atoms with Crippen LogP contribution in [0.5, 0.6) is 0 Å². The lowest BCUT2D eigenvalue weighted by Gasteiger charge is -2.24. The number of pyridine rings is 1. The molecule has 5 nitrogen and oxygen atoms in total. The van der Waals surface area contributed by atoms with E-state index in [0.29, 0.717) is 5.82 Å². The van der Waals surface area contributed by atoms with E-state index >= 15 is 0 Å². The van der Waals surface area contributed by atoms with Gasteiger partial charge in [0.1, 0.15) is 16.6 Å². The van der Waals surface area contributed by atoms with Gasteiger partial charge in [-0.25, -0.2) is 9.37 Å². The van der Waals surface area contributed by atoms with E-state index in [1.807, 2.05) is 18.2 Å². The van der Waals surface area contributed by atoms with Crippen molar-refractivity contribution < 1.29 is 13.6 Å². The van der Waals surface area contributed by atoms with Crippen LogP contribution in [0.3, 0.4) is 0 Å². The summed E-state index contributed by atoms with van der Waals surface area (Å²) in [6.45, 7) is 0. The largest absolute Gasteiger partial charge is 0.459 e. The average Bonchev–Trinajstić information content (AvgIpc) is 3.47. The van der Waals surface area contributed by atoms with Crippen LogP contribution in [0.25, 0.3) is 0 Å². The van der Waals surface area contributed by atoms with Crippen LogP contribution in [0.15, 0.2) is 71.5 Å². The lowest BCUT2D eigenvalue weighted by molar-refractivity contribution is 0.0997. The van der Waals surface area contributed by atoms with E-state index in [2.05, 4.69) is 15.6 Å². The van der Waals surface area contributed by atoms with Crippen molar-refractivity contribution in [2.45, 2.75) is 31.7 Å². The van der Waals surface area contributed by atoms with Crippen LogP contribution >= 0.6 is 11.3 Å². The van der Waals surface area contributed by atoms with Gasteiger partial charge in [0.05, 0.1) is 12.3 Å². The molecule has 3 heterocycles. The zero-order valence-electron chi connectivity index (χ0n) is 17.3. The van der Waals surface area contributed by atoms with E-state index in [9.17, 15) is 9.18 Å². The van der Waals surface area contributed by atoms with E-state index in [-0.39, 0.29) is 23.5 Å². The van der Waals surface area contributed by atoms with E-state index in [4.69, 9.17) is 4.42 Å². The number of aromatic nitrogens is 1. The highest BCUT2D eigenvalue weighted by atomic mass is 32.1. The molecule has 0 spiro atoms. The predicted octanol–water partition coefficient (Wildman–Crippen LogP) is 6.21. The Labute approximate surface area is 189 Å². The molecular weight excluding hydrogens is 425 g/mol. The molecule has 0 fully saturated rings. The smallest absolute Gasteiger partial charge is 0.291 e. The Bertz CT molecular complexity index is 1200. The van der Waals surface area contributed by atoms with Gasteiger partial charge in [-0.3, -0.25) is 4.79 Å². The highest BCUT2D eigenvalue weighted by molar-refractivity contribution is 7.16. The molecule has 0 saturated heterocycles. The van der Waals surface area contributed by atoms with Gasteiger partial charge in [-0.1, -0.05) is 18.2 Å². The normalized spacial score (nSPS) is 13.9. The van der Waals surface area contributed by atoms with E-state index in [0.717, 1.165) is 41.8 Å². The minimum atomic E-state index is -0.296. The van der Waals surface area contributed by atoms with Gasteiger partial charge >= 0.3 is 0 Å². The number of benzene rings is 1. The summed E-state index contributed by atoms with van der Waals surface area (Å²) in [5, 5.41) is 7.37. The Morgan fingerprint density at radius 1 is 1.06 bits per heavy atom. The number of nitrogens with zero attached hydrogens (tertiary/aromatic N) is 1. The summed E-state index contributed by atoms with van der Waals surface area (Å²) in [7, 11) is 0. The van der Waals surface area contributed by atoms with Gasteiger partial charge in [-0.2, -0.15) is 0 Å². The SMILES string of the molecule is O=C(Nc1sc2c(c1[C@@H](Nc1ccccn1)c1ccc(F)cc1)CCCC2)c1ccco1. The number of nitrogens with one attached hydrogen (secondary N) is 2. The second kappa shape index (κ2) is 8.96. The van der Waals surface area contributed by atoms with Crippen molar-refractivity contribution in [1.82, 2.24) is 4.98 Å². The first-order chi connectivity index (χ1) is 15.7. The average molecular weight is 448 g/mol. The summed E-state index contributed by atoms with van der Waals surface area (Å²) in [4.78, 5) is 18.5. The molecule has 0 unspecified atom stereocenters. The molecular formula is C25H22FN3O2S. The topological polar surface area (TPSA) is 67.2 Å². The monoisotopic (exact) mass is 447 g/mol. The molecule has 1 atom stereocenters. The summed E-state index contributed by atoms with van der Waals surface area (Å²) in [6, 6.07) is 15.2. The standard InChI is InChI=1S/C25H22FN3O2S/c26-17-12-10-16(11-13-17)23(28-21-9-3-4-14-27-21)22-18-6-1-2-8-20(18)32-25(22)29-24(30)19-7-5-15-31-19/h3-5,7,9-15,23H,1-2,6,8H2,(H,27,28)(H,29,30)/t23-/m0/s1. The molecule has 4 aromatic rings. The Morgan fingerprint density at radius 2 is 1.91 bits per heavy atom. The van der Waals surface area contributed by atoms with Gasteiger partial charge in [0.15, 0.2) is 5.76 Å². The van der Waals surface area contributed by atoms with Crippen molar-refractivity contribution in [2.24, 2.45) is 0 Å². The van der Waals surface area contributed by atoms with Crippen molar-refractivity contribution in [3.8, 4) is 0 Å². The van der Waals surface area contributed by atoms with Gasteiger partial charge in [0.2, 0.25) is 0 Å². The molecule has 0 saturated carbocycles. The van der Waals surface area contributed by atoms with Crippen LogP contribution in [0.4, 0.5) is 15.2 Å². The van der Waals surface area contributed by atoms with Crippen molar-refractivity contribution in [1.29, 1.82) is 0 Å². The molecule has 2 N–H and O–H groups in total. The lowest BCUT2D eigenvalue weighted by atomic mass is 9.89. The zero-order chi connectivity index (χ0) is 21.9. The van der Waals surface area contributed by atoms with Gasteiger partial charge in [0.25, 0.3) is 5.91 Å². The first kappa shape index (κ1) is 20.5. The number of fused-ring (bicyclic) bond motifs is 1. The number of thiophene rings is 1. The molecule has 1 aromatic carbocycles. The van der Waals surface area contributed by atoms with Crippen LogP contribution in [-0.4, -0.2) is 10.9 Å². The van der Waals surface area contributed by atoms with Crippen molar-refractivity contribution in [2.75, 3.05) is 10.6 Å². The summed E-state index contributed by atoms with van der Waals surface area (Å²) >= 11 is 1.62. The predicted molar refractivity (Wildman–Crippen MR) is 124 cm³/mol. The zero-order valence-corrected chi connectivity index (χ0v) is 18.1. The summed E-state index contributed by atoms with van der Waals surface area (Å²) in [5.74, 6) is 0.397. The molecule has 1 aliphatic rings. The number of anilines is 2. The number of rotatable bonds is 6. The molecule has 162 valence electrons. The summed E-state index contributed by atoms with van der Waals surface area (Å²) < 4.78 is 19.0. The third kappa shape index (κ3) is 4.16. The third-order valence-electron chi connectivity index (χ3n) is 5.63. The molecule has 0 bridgehead atoms. The minimum absolute atomic E-state index is 0.262. The quantitative estimate of drug-likeness (QED) is 0.369. The van der Waals surface area contributed by atoms with Gasteiger partial charge in [-0.05, 0) is 73.2 Å². The van der Waals surface area contributed by atoms with E-state index in [1.165, 1.54) is 28.8 Å². The highest BCUT2D eigenvalue weighted by Crippen LogP contribution is 2.44. The Kier molecular flexibility index (Phi) is 5.73. The molecule has 32 heavy (non-hydrogen) atoms. The number of carbonyl (C=O) groups is 1. The molecule has 1 aliphatic carbocycles. The number of carbonyl (C=O) groups excluding carboxylic acids is 1. The Hall–Kier alpha value is -3.45. The molecule has 0 aliphatic heterocycles. The van der Waals surface area contributed by atoms with E-state index in [1.54, 1.807) is 41.8 Å². The van der Waals surface area contributed by atoms with E-state index < -0.39 is 0 Å². The van der Waals surface area contributed by atoms with Gasteiger partial charge in [0, 0.05) is 16.6 Å². The Morgan fingerprint density at radius 3 is 2.66 bits per heavy atom. The summed E-state index contributed by atoms with van der Waals surface area (Å²) in [5.41, 5.74) is 3.17. The maximum Gasteiger partial charge on any atom is 0.291 e. The first-order valence-electron chi connectivity index (χ1n) is 10.6. The first-order valence-corrected chi connectivity index (χ1v) is 11.4. The van der Waals surface area contributed by atoms with Crippen LogP contribution in [0.2, 0.25) is 0 Å². The molecule has 7 heteroatoms. The fraction of sp³-hybridized carbons (Fsp3) is 0.200. The van der Waals surface area contributed by atoms with Crippen LogP contribution in [0.1, 0.15) is 51.0 Å². The van der Waals surface area contributed by atoms with Crippen molar-refractivity contribution in [3.63, 3.8) is 0 Å². The lowest BCUT2D eigenvalue weighted by Crippen LogP contribution is -2.18. The van der Waals surface area contributed by atoms with Gasteiger partial charge < -0.3 is 15.1 Å².